The average Bonchev–Trinajstić information content (AvgIpc) is 3.05. The van der Waals surface area contributed by atoms with Crippen molar-refractivity contribution in [3.8, 4) is 5.75 Å². The van der Waals surface area contributed by atoms with Crippen molar-refractivity contribution in [2.75, 3.05) is 13.7 Å². The van der Waals surface area contributed by atoms with Crippen molar-refractivity contribution in [2.24, 2.45) is 4.99 Å². The topological polar surface area (TPSA) is 69.9 Å². The second kappa shape index (κ2) is 10.0. The second-order valence-corrected chi connectivity index (χ2v) is 7.46. The number of methoxy groups -OCH3 is 1. The molecule has 0 unspecified atom stereocenters. The molecule has 0 aliphatic carbocycles. The smallest absolute Gasteiger partial charge is 0.326 e. The van der Waals surface area contributed by atoms with E-state index >= 15 is 0 Å². The molecule has 0 atom stereocenters. The number of hydrogen-bond acceptors (Lipinski definition) is 5. The summed E-state index contributed by atoms with van der Waals surface area (Å²) in [7, 11) is 1.60. The lowest BCUT2D eigenvalue weighted by Crippen LogP contribution is -2.23. The van der Waals surface area contributed by atoms with E-state index in [9.17, 15) is 9.59 Å². The Bertz CT molecular complexity index is 1050. The van der Waals surface area contributed by atoms with Crippen molar-refractivity contribution in [3.05, 3.63) is 58.9 Å². The lowest BCUT2D eigenvalue weighted by Gasteiger charge is -2.05. The van der Waals surface area contributed by atoms with Gasteiger partial charge in [-0.15, -0.1) is 0 Å². The molecule has 7 heteroatoms. The van der Waals surface area contributed by atoms with Gasteiger partial charge in [0.1, 0.15) is 12.3 Å². The first-order valence-electron chi connectivity index (χ1n) is 9.55. The van der Waals surface area contributed by atoms with E-state index in [1.54, 1.807) is 18.6 Å². The highest BCUT2D eigenvalue weighted by molar-refractivity contribution is 7.16. The number of thiazole rings is 1. The van der Waals surface area contributed by atoms with Crippen LogP contribution in [-0.2, 0) is 27.3 Å². The maximum atomic E-state index is 12.5. The number of rotatable bonds is 8. The molecule has 1 amide bonds. The fourth-order valence-electron chi connectivity index (χ4n) is 3.01. The van der Waals surface area contributed by atoms with Gasteiger partial charge in [0.05, 0.1) is 23.9 Å². The molecule has 1 aromatic heterocycles. The first kappa shape index (κ1) is 20.8. The number of fused-ring (bicyclic) bond motifs is 1. The number of hydrogen-bond donors (Lipinski definition) is 0. The number of benzene rings is 2. The van der Waals surface area contributed by atoms with Crippen LogP contribution in [0.1, 0.15) is 25.3 Å². The third-order valence-electron chi connectivity index (χ3n) is 4.40. The Labute approximate surface area is 173 Å². The minimum atomic E-state index is -0.360. The number of nitrogens with zero attached hydrogens (tertiary/aromatic N) is 2. The van der Waals surface area contributed by atoms with E-state index in [0.717, 1.165) is 23.1 Å². The molecule has 2 aromatic carbocycles. The summed E-state index contributed by atoms with van der Waals surface area (Å²) in [6, 6.07) is 15.6. The van der Waals surface area contributed by atoms with Gasteiger partial charge in [0.25, 0.3) is 0 Å². The van der Waals surface area contributed by atoms with Crippen LogP contribution in [0.15, 0.2) is 53.5 Å². The van der Waals surface area contributed by atoms with Crippen molar-refractivity contribution >= 4 is 33.4 Å². The van der Waals surface area contributed by atoms with Gasteiger partial charge in [0.15, 0.2) is 4.80 Å². The Balaban J connectivity index is 1.83. The fourth-order valence-corrected chi connectivity index (χ4v) is 4.08. The highest BCUT2D eigenvalue weighted by atomic mass is 32.1. The third-order valence-corrected chi connectivity index (χ3v) is 5.44. The molecule has 152 valence electrons. The van der Waals surface area contributed by atoms with E-state index < -0.39 is 0 Å². The van der Waals surface area contributed by atoms with Crippen LogP contribution in [0.2, 0.25) is 0 Å². The Morgan fingerprint density at radius 1 is 1.14 bits per heavy atom. The molecular weight excluding hydrogens is 388 g/mol. The zero-order chi connectivity index (χ0) is 20.6. The zero-order valence-electron chi connectivity index (χ0n) is 16.6. The predicted octanol–water partition coefficient (Wildman–Crippen LogP) is 3.72. The Kier molecular flexibility index (Phi) is 7.19. The van der Waals surface area contributed by atoms with Crippen LogP contribution in [0.25, 0.3) is 10.2 Å². The normalized spacial score (nSPS) is 11.6. The largest absolute Gasteiger partial charge is 0.497 e. The van der Waals surface area contributed by atoms with E-state index in [2.05, 4.69) is 4.99 Å². The summed E-state index contributed by atoms with van der Waals surface area (Å²) >= 11 is 1.36. The van der Waals surface area contributed by atoms with E-state index in [4.69, 9.17) is 9.47 Å². The van der Waals surface area contributed by atoms with Gasteiger partial charge in [-0.1, -0.05) is 41.7 Å². The summed E-state index contributed by atoms with van der Waals surface area (Å²) in [5.41, 5.74) is 2.02. The molecule has 0 fully saturated rings. The second-order valence-electron chi connectivity index (χ2n) is 6.45. The quantitative estimate of drug-likeness (QED) is 0.529. The molecule has 0 spiro atoms. The van der Waals surface area contributed by atoms with Crippen LogP contribution in [0.5, 0.6) is 5.75 Å². The molecule has 29 heavy (non-hydrogen) atoms. The van der Waals surface area contributed by atoms with Gasteiger partial charge in [-0.2, -0.15) is 4.99 Å². The lowest BCUT2D eigenvalue weighted by atomic mass is 10.1. The molecule has 0 N–H and O–H groups in total. The van der Waals surface area contributed by atoms with Crippen LogP contribution >= 0.6 is 11.3 Å². The fraction of sp³-hybridized carbons (Fsp3) is 0.318. The summed E-state index contributed by atoms with van der Waals surface area (Å²) in [6.07, 6.45) is 1.91. The number of ether oxygens (including phenoxy) is 2. The van der Waals surface area contributed by atoms with E-state index in [1.807, 2.05) is 48.5 Å². The molecule has 0 radical (unpaired) electrons. The van der Waals surface area contributed by atoms with Crippen molar-refractivity contribution < 1.29 is 19.1 Å². The molecule has 1 heterocycles. The average molecular weight is 413 g/mol. The summed E-state index contributed by atoms with van der Waals surface area (Å²) in [5, 5.41) is 0. The van der Waals surface area contributed by atoms with Crippen LogP contribution in [0.4, 0.5) is 0 Å². The van der Waals surface area contributed by atoms with E-state index in [1.165, 1.54) is 16.9 Å². The van der Waals surface area contributed by atoms with E-state index in [-0.39, 0.29) is 18.4 Å². The number of aromatic nitrogens is 1. The Hall–Kier alpha value is -2.93. The zero-order valence-corrected chi connectivity index (χ0v) is 17.4. The molecule has 0 aliphatic rings. The van der Waals surface area contributed by atoms with E-state index in [0.29, 0.717) is 23.6 Å². The first-order valence-corrected chi connectivity index (χ1v) is 10.4. The highest BCUT2D eigenvalue weighted by Gasteiger charge is 2.13. The number of carbonyl (C=O) groups is 2. The van der Waals surface area contributed by atoms with Crippen molar-refractivity contribution in [2.45, 2.75) is 32.7 Å². The molecule has 0 saturated heterocycles. The van der Waals surface area contributed by atoms with Crippen LogP contribution in [0, 0.1) is 0 Å². The molecule has 0 aliphatic heterocycles. The van der Waals surface area contributed by atoms with Crippen LogP contribution in [0.3, 0.4) is 0 Å². The Morgan fingerprint density at radius 3 is 2.66 bits per heavy atom. The van der Waals surface area contributed by atoms with Crippen molar-refractivity contribution in [1.29, 1.82) is 0 Å². The number of esters is 1. The third kappa shape index (κ3) is 5.54. The standard InChI is InChI=1S/C22H24N2O4S/c1-3-28-21(26)15-24-18-13-12-17(27-2)14-19(18)29-22(24)23-20(25)11-7-10-16-8-5-4-6-9-16/h4-6,8-9,12-14H,3,7,10-11,15H2,1-2H3. The number of amides is 1. The van der Waals surface area contributed by atoms with Crippen LogP contribution in [-0.4, -0.2) is 30.2 Å². The van der Waals surface area contributed by atoms with Crippen LogP contribution < -0.4 is 9.54 Å². The molecular formula is C22H24N2O4S. The minimum Gasteiger partial charge on any atom is -0.497 e. The van der Waals surface area contributed by atoms with Crippen molar-refractivity contribution in [1.82, 2.24) is 4.57 Å². The highest BCUT2D eigenvalue weighted by Crippen LogP contribution is 2.23. The monoisotopic (exact) mass is 412 g/mol. The summed E-state index contributed by atoms with van der Waals surface area (Å²) in [6.45, 7) is 2.08. The lowest BCUT2D eigenvalue weighted by molar-refractivity contribution is -0.143. The minimum absolute atomic E-state index is 0.0102. The SMILES string of the molecule is CCOC(=O)Cn1c(=NC(=O)CCCc2ccccc2)sc2cc(OC)ccc21. The van der Waals surface area contributed by atoms with Gasteiger partial charge in [-0.05, 0) is 43.5 Å². The van der Waals surface area contributed by atoms with Gasteiger partial charge in [0.2, 0.25) is 5.91 Å². The molecule has 0 bridgehead atoms. The molecule has 0 saturated carbocycles. The van der Waals surface area contributed by atoms with Gasteiger partial charge in [-0.3, -0.25) is 9.59 Å². The first-order chi connectivity index (χ1) is 14.1. The van der Waals surface area contributed by atoms with Gasteiger partial charge in [0, 0.05) is 6.42 Å². The summed E-state index contributed by atoms with van der Waals surface area (Å²) < 4.78 is 13.0. The Morgan fingerprint density at radius 2 is 1.93 bits per heavy atom. The van der Waals surface area contributed by atoms with Crippen molar-refractivity contribution in [3.63, 3.8) is 0 Å². The molecule has 3 rings (SSSR count). The number of aryl methyl sites for hydroxylation is 1. The summed E-state index contributed by atoms with van der Waals surface area (Å²) in [5.74, 6) is 0.154. The number of carbonyl (C=O) groups excluding carboxylic acids is 2. The van der Waals surface area contributed by atoms with Gasteiger partial charge in [-0.25, -0.2) is 0 Å². The maximum Gasteiger partial charge on any atom is 0.326 e. The van der Waals surface area contributed by atoms with Gasteiger partial charge < -0.3 is 14.0 Å². The summed E-state index contributed by atoms with van der Waals surface area (Å²) in [4.78, 5) is 29.3. The molecule has 6 nitrogen and oxygen atoms in total. The molecule has 3 aromatic rings. The maximum absolute atomic E-state index is 12.5. The van der Waals surface area contributed by atoms with Gasteiger partial charge >= 0.3 is 5.97 Å². The predicted molar refractivity (Wildman–Crippen MR) is 113 cm³/mol.